The first kappa shape index (κ1) is 7.94. The molecule has 11 heavy (non-hydrogen) atoms. The lowest BCUT2D eigenvalue weighted by atomic mass is 10.3. The highest BCUT2D eigenvalue weighted by Crippen LogP contribution is 2.16. The molecule has 0 bridgehead atoms. The first-order chi connectivity index (χ1) is 5.25. The fraction of sp³-hybridized carbons (Fsp3) is 0.143. The standard InChI is InChI=1S/C7H8F2N2/c1-10-11-7-5(8)3-2-4-6(7)9/h2-4,10-11H,1H3. The van der Waals surface area contributed by atoms with E-state index < -0.39 is 11.6 Å². The number of nitrogens with one attached hydrogen (secondary N) is 2. The zero-order valence-corrected chi connectivity index (χ0v) is 5.99. The van der Waals surface area contributed by atoms with E-state index in [9.17, 15) is 8.78 Å². The molecular formula is C7H8F2N2. The lowest BCUT2D eigenvalue weighted by molar-refractivity contribution is 0.585. The minimum atomic E-state index is -0.612. The topological polar surface area (TPSA) is 24.1 Å². The molecule has 4 heteroatoms. The highest BCUT2D eigenvalue weighted by molar-refractivity contribution is 5.44. The second kappa shape index (κ2) is 3.30. The maximum absolute atomic E-state index is 12.7. The lowest BCUT2D eigenvalue weighted by Crippen LogP contribution is -2.17. The molecular weight excluding hydrogens is 150 g/mol. The van der Waals surface area contributed by atoms with E-state index in [0.29, 0.717) is 0 Å². The Morgan fingerprint density at radius 1 is 1.18 bits per heavy atom. The Kier molecular flexibility index (Phi) is 2.38. The van der Waals surface area contributed by atoms with Crippen LogP contribution >= 0.6 is 0 Å². The van der Waals surface area contributed by atoms with Gasteiger partial charge in [0, 0.05) is 7.05 Å². The SMILES string of the molecule is CNNc1c(F)cccc1F. The normalized spacial score (nSPS) is 9.73. The van der Waals surface area contributed by atoms with E-state index in [1.54, 1.807) is 0 Å². The Labute approximate surface area is 63.2 Å². The third-order valence-corrected chi connectivity index (χ3v) is 1.21. The van der Waals surface area contributed by atoms with Gasteiger partial charge >= 0.3 is 0 Å². The number of hydrogen-bond acceptors (Lipinski definition) is 2. The quantitative estimate of drug-likeness (QED) is 0.637. The molecule has 0 fully saturated rings. The van der Waals surface area contributed by atoms with Crippen molar-refractivity contribution in [3.63, 3.8) is 0 Å². The van der Waals surface area contributed by atoms with Crippen molar-refractivity contribution in [2.75, 3.05) is 12.5 Å². The average Bonchev–Trinajstić information content (AvgIpc) is 1.97. The van der Waals surface area contributed by atoms with E-state index in [4.69, 9.17) is 0 Å². The van der Waals surface area contributed by atoms with Crippen LogP contribution in [0, 0.1) is 11.6 Å². The first-order valence-corrected chi connectivity index (χ1v) is 3.12. The largest absolute Gasteiger partial charge is 0.317 e. The van der Waals surface area contributed by atoms with Gasteiger partial charge in [0.25, 0.3) is 0 Å². The number of hydrazine groups is 1. The maximum atomic E-state index is 12.7. The van der Waals surface area contributed by atoms with Gasteiger partial charge in [-0.25, -0.2) is 14.2 Å². The summed E-state index contributed by atoms with van der Waals surface area (Å²) in [5.74, 6) is -1.22. The molecule has 1 aromatic rings. The first-order valence-electron chi connectivity index (χ1n) is 3.12. The van der Waals surface area contributed by atoms with Crippen molar-refractivity contribution >= 4 is 5.69 Å². The fourth-order valence-corrected chi connectivity index (χ4v) is 0.742. The molecule has 0 aliphatic rings. The van der Waals surface area contributed by atoms with E-state index in [1.165, 1.54) is 25.2 Å². The van der Waals surface area contributed by atoms with Crippen LogP contribution in [0.1, 0.15) is 0 Å². The van der Waals surface area contributed by atoms with Gasteiger partial charge in [0.1, 0.15) is 5.69 Å². The molecule has 2 nitrogen and oxygen atoms in total. The summed E-state index contributed by atoms with van der Waals surface area (Å²) in [7, 11) is 1.53. The van der Waals surface area contributed by atoms with Crippen molar-refractivity contribution in [3.8, 4) is 0 Å². The molecule has 0 heterocycles. The summed E-state index contributed by atoms with van der Waals surface area (Å²) in [5, 5.41) is 0. The molecule has 60 valence electrons. The average molecular weight is 158 g/mol. The third kappa shape index (κ3) is 1.65. The van der Waals surface area contributed by atoms with E-state index in [-0.39, 0.29) is 5.69 Å². The Bertz CT molecular complexity index is 230. The minimum absolute atomic E-state index is 0.157. The Morgan fingerprint density at radius 2 is 1.73 bits per heavy atom. The van der Waals surface area contributed by atoms with Crippen molar-refractivity contribution in [2.24, 2.45) is 0 Å². The lowest BCUT2D eigenvalue weighted by Gasteiger charge is -2.05. The van der Waals surface area contributed by atoms with Crippen LogP contribution in [-0.4, -0.2) is 7.05 Å². The van der Waals surface area contributed by atoms with Crippen LogP contribution in [-0.2, 0) is 0 Å². The van der Waals surface area contributed by atoms with Crippen LogP contribution < -0.4 is 10.9 Å². The molecule has 2 N–H and O–H groups in total. The van der Waals surface area contributed by atoms with Gasteiger partial charge in [0.2, 0.25) is 0 Å². The Hall–Kier alpha value is -1.16. The van der Waals surface area contributed by atoms with Crippen molar-refractivity contribution < 1.29 is 8.78 Å². The predicted octanol–water partition coefficient (Wildman–Crippen LogP) is 1.51. The summed E-state index contributed by atoms with van der Waals surface area (Å²) in [6.45, 7) is 0. The number of hydrogen-bond donors (Lipinski definition) is 2. The molecule has 1 aromatic carbocycles. The van der Waals surface area contributed by atoms with Crippen LogP contribution in [0.5, 0.6) is 0 Å². The molecule has 0 spiro atoms. The minimum Gasteiger partial charge on any atom is -0.317 e. The Morgan fingerprint density at radius 3 is 2.18 bits per heavy atom. The summed E-state index contributed by atoms with van der Waals surface area (Å²) in [5.41, 5.74) is 4.62. The van der Waals surface area contributed by atoms with Crippen LogP contribution in [0.3, 0.4) is 0 Å². The summed E-state index contributed by atoms with van der Waals surface area (Å²) in [6.07, 6.45) is 0. The molecule has 0 saturated carbocycles. The van der Waals surface area contributed by atoms with Crippen LogP contribution in [0.4, 0.5) is 14.5 Å². The molecule has 0 amide bonds. The van der Waals surface area contributed by atoms with Gasteiger partial charge in [-0.05, 0) is 12.1 Å². The molecule has 0 aromatic heterocycles. The maximum Gasteiger partial charge on any atom is 0.150 e. The van der Waals surface area contributed by atoms with Crippen LogP contribution in [0.2, 0.25) is 0 Å². The van der Waals surface area contributed by atoms with Crippen LogP contribution in [0.25, 0.3) is 0 Å². The predicted molar refractivity (Wildman–Crippen MR) is 39.0 cm³/mol. The van der Waals surface area contributed by atoms with Gasteiger partial charge in [-0.15, -0.1) is 0 Å². The Balaban J connectivity index is 3.00. The summed E-state index contributed by atoms with van der Waals surface area (Å²) in [6, 6.07) is 3.68. The van der Waals surface area contributed by atoms with E-state index in [2.05, 4.69) is 10.9 Å². The fourth-order valence-electron chi connectivity index (χ4n) is 0.742. The molecule has 0 aliphatic heterocycles. The van der Waals surface area contributed by atoms with E-state index >= 15 is 0 Å². The number of anilines is 1. The van der Waals surface area contributed by atoms with Crippen molar-refractivity contribution in [3.05, 3.63) is 29.8 Å². The van der Waals surface area contributed by atoms with Crippen molar-refractivity contribution in [2.45, 2.75) is 0 Å². The van der Waals surface area contributed by atoms with E-state index in [0.717, 1.165) is 0 Å². The highest BCUT2D eigenvalue weighted by Gasteiger charge is 2.05. The number of benzene rings is 1. The molecule has 0 radical (unpaired) electrons. The van der Waals surface area contributed by atoms with Gasteiger partial charge in [0.15, 0.2) is 11.6 Å². The van der Waals surface area contributed by atoms with Gasteiger partial charge in [-0.1, -0.05) is 6.07 Å². The zero-order valence-electron chi connectivity index (χ0n) is 5.99. The van der Waals surface area contributed by atoms with E-state index in [1.807, 2.05) is 0 Å². The number of para-hydroxylation sites is 1. The molecule has 0 aliphatic carbocycles. The second-order valence-corrected chi connectivity index (χ2v) is 1.97. The van der Waals surface area contributed by atoms with Crippen molar-refractivity contribution in [1.82, 2.24) is 5.43 Å². The summed E-state index contributed by atoms with van der Waals surface area (Å²) in [4.78, 5) is 0. The molecule has 0 atom stereocenters. The molecule has 0 unspecified atom stereocenters. The van der Waals surface area contributed by atoms with Crippen LogP contribution in [0.15, 0.2) is 18.2 Å². The second-order valence-electron chi connectivity index (χ2n) is 1.97. The molecule has 1 rings (SSSR count). The van der Waals surface area contributed by atoms with Gasteiger partial charge in [-0.2, -0.15) is 0 Å². The highest BCUT2D eigenvalue weighted by atomic mass is 19.1. The van der Waals surface area contributed by atoms with Gasteiger partial charge in [-0.3, -0.25) is 0 Å². The summed E-state index contributed by atoms with van der Waals surface area (Å²) < 4.78 is 25.4. The number of halogens is 2. The van der Waals surface area contributed by atoms with Gasteiger partial charge in [0.05, 0.1) is 0 Å². The number of rotatable bonds is 2. The van der Waals surface area contributed by atoms with Crippen molar-refractivity contribution in [1.29, 1.82) is 0 Å². The smallest absolute Gasteiger partial charge is 0.150 e. The zero-order chi connectivity index (χ0) is 8.27. The third-order valence-electron chi connectivity index (χ3n) is 1.21. The summed E-state index contributed by atoms with van der Waals surface area (Å²) >= 11 is 0. The van der Waals surface area contributed by atoms with Gasteiger partial charge < -0.3 is 5.43 Å². The monoisotopic (exact) mass is 158 g/mol. The molecule has 0 saturated heterocycles.